The molecule has 1 aromatic heterocycles. The van der Waals surface area contributed by atoms with Crippen LogP contribution in [-0.2, 0) is 9.59 Å². The number of aromatic nitrogens is 2. The van der Waals surface area contributed by atoms with E-state index in [0.717, 1.165) is 30.4 Å². The van der Waals surface area contributed by atoms with E-state index in [1.165, 1.54) is 18.9 Å². The molecule has 2 saturated carbocycles. The van der Waals surface area contributed by atoms with Crippen molar-refractivity contribution in [2.45, 2.75) is 56.9 Å². The predicted molar refractivity (Wildman–Crippen MR) is 127 cm³/mol. The van der Waals surface area contributed by atoms with Crippen LogP contribution in [0.2, 0.25) is 0 Å². The first-order chi connectivity index (χ1) is 17.4. The summed E-state index contributed by atoms with van der Waals surface area (Å²) in [6, 6.07) is -1.85. The van der Waals surface area contributed by atoms with Crippen molar-refractivity contribution in [2.75, 3.05) is 30.9 Å². The number of alkyl halides is 3. The summed E-state index contributed by atoms with van der Waals surface area (Å²) in [4.78, 5) is 50.8. The number of halogens is 3. The van der Waals surface area contributed by atoms with Gasteiger partial charge in [-0.3, -0.25) is 9.59 Å². The number of nitrogens with one attached hydrogen (secondary N) is 2. The Morgan fingerprint density at radius 2 is 1.89 bits per heavy atom. The van der Waals surface area contributed by atoms with Crippen LogP contribution in [0.15, 0.2) is 24.2 Å². The summed E-state index contributed by atoms with van der Waals surface area (Å²) in [5.74, 6) is -0.495. The Hall–Kier alpha value is -3.38. The Balaban J connectivity index is 1.19. The van der Waals surface area contributed by atoms with Crippen LogP contribution in [0, 0.1) is 17.8 Å². The SMILES string of the molecule is CC1C(C(F)(F)F)=CN(C)C(=O)C1NC(=O)N(C)[C@@H]1C[C@@H]2C[C@H]1CN2c1cnc(NC(=O)C2CC2)cn1. The fourth-order valence-electron chi connectivity index (χ4n) is 5.70. The second-order valence-corrected chi connectivity index (χ2v) is 10.5. The zero-order valence-electron chi connectivity index (χ0n) is 20.8. The van der Waals surface area contributed by atoms with Gasteiger partial charge in [0.25, 0.3) is 0 Å². The number of nitrogens with zero attached hydrogens (tertiary/aromatic N) is 5. The summed E-state index contributed by atoms with van der Waals surface area (Å²) in [5.41, 5.74) is -0.850. The van der Waals surface area contributed by atoms with E-state index in [9.17, 15) is 27.6 Å². The highest BCUT2D eigenvalue weighted by atomic mass is 19.4. The first kappa shape index (κ1) is 25.3. The summed E-state index contributed by atoms with van der Waals surface area (Å²) >= 11 is 0. The van der Waals surface area contributed by atoms with E-state index in [2.05, 4.69) is 25.5 Å². The molecule has 5 atom stereocenters. The third-order valence-electron chi connectivity index (χ3n) is 8.00. The molecule has 0 aromatic carbocycles. The minimum Gasteiger partial charge on any atom is -0.352 e. The number of anilines is 2. The highest BCUT2D eigenvalue weighted by molar-refractivity contribution is 5.93. The van der Waals surface area contributed by atoms with Crippen LogP contribution < -0.4 is 15.5 Å². The van der Waals surface area contributed by atoms with Crippen molar-refractivity contribution in [1.82, 2.24) is 25.1 Å². The number of hydrogen-bond acceptors (Lipinski definition) is 6. The number of hydrogen-bond donors (Lipinski definition) is 2. The van der Waals surface area contributed by atoms with Gasteiger partial charge in [0.15, 0.2) is 5.82 Å². The van der Waals surface area contributed by atoms with Crippen LogP contribution in [0.3, 0.4) is 0 Å². The Morgan fingerprint density at radius 3 is 2.46 bits per heavy atom. The lowest BCUT2D eigenvalue weighted by Crippen LogP contribution is -2.58. The molecule has 0 radical (unpaired) electrons. The van der Waals surface area contributed by atoms with Crippen molar-refractivity contribution in [3.63, 3.8) is 0 Å². The average molecular weight is 522 g/mol. The van der Waals surface area contributed by atoms with Crippen molar-refractivity contribution < 1.29 is 27.6 Å². The molecule has 2 aliphatic carbocycles. The first-order valence-corrected chi connectivity index (χ1v) is 12.4. The maximum Gasteiger partial charge on any atom is 0.414 e. The fraction of sp³-hybridized carbons (Fsp3) is 0.625. The molecule has 2 N–H and O–H groups in total. The van der Waals surface area contributed by atoms with E-state index in [0.29, 0.717) is 24.6 Å². The van der Waals surface area contributed by atoms with Crippen molar-refractivity contribution in [1.29, 1.82) is 0 Å². The largest absolute Gasteiger partial charge is 0.414 e. The molecule has 2 bridgehead atoms. The minimum atomic E-state index is -4.60. The standard InChI is InChI=1S/C24H30F3N7O3/c1-12-16(24(25,26)27)11-32(2)22(36)20(12)31-23(37)33(3)17-7-15-6-14(17)10-34(15)19-9-28-18(8-29-19)30-21(35)13-4-5-13/h8-9,11-15,17,20H,4-7,10H2,1-3H3,(H,31,37)(H,28,30,35)/t12?,14-,15-,17+,20?/m0/s1. The van der Waals surface area contributed by atoms with E-state index < -0.39 is 35.6 Å². The lowest BCUT2D eigenvalue weighted by molar-refractivity contribution is -0.135. The monoisotopic (exact) mass is 521 g/mol. The maximum atomic E-state index is 13.4. The van der Waals surface area contributed by atoms with E-state index in [4.69, 9.17) is 0 Å². The number of piperidine rings is 1. The van der Waals surface area contributed by atoms with Gasteiger partial charge >= 0.3 is 12.2 Å². The van der Waals surface area contributed by atoms with E-state index in [1.807, 2.05) is 0 Å². The molecule has 1 aromatic rings. The van der Waals surface area contributed by atoms with Gasteiger partial charge in [-0.25, -0.2) is 14.8 Å². The van der Waals surface area contributed by atoms with Crippen LogP contribution in [0.5, 0.6) is 0 Å². The average Bonchev–Trinajstić information content (AvgIpc) is 3.52. The van der Waals surface area contributed by atoms with E-state index in [-0.39, 0.29) is 29.8 Å². The van der Waals surface area contributed by atoms with Crippen molar-refractivity contribution in [3.05, 3.63) is 24.2 Å². The van der Waals surface area contributed by atoms with Gasteiger partial charge in [0.05, 0.1) is 18.0 Å². The highest BCUT2D eigenvalue weighted by Gasteiger charge is 2.49. The Bertz CT molecular complexity index is 1120. The van der Waals surface area contributed by atoms with Crippen LogP contribution in [0.25, 0.3) is 0 Å². The van der Waals surface area contributed by atoms with Gasteiger partial charge in [0.2, 0.25) is 11.8 Å². The molecule has 200 valence electrons. The molecule has 3 heterocycles. The zero-order chi connectivity index (χ0) is 26.6. The summed E-state index contributed by atoms with van der Waals surface area (Å²) in [6.45, 7) is 1.95. The summed E-state index contributed by atoms with van der Waals surface area (Å²) in [5, 5.41) is 5.32. The number of likely N-dealkylation sites (N-methyl/N-ethyl adjacent to an activating group) is 1. The van der Waals surface area contributed by atoms with Crippen molar-refractivity contribution in [2.24, 2.45) is 17.8 Å². The third-order valence-corrected chi connectivity index (χ3v) is 8.00. The molecule has 4 amide bonds. The number of carbonyl (C=O) groups excluding carboxylic acids is 3. The van der Waals surface area contributed by atoms with Gasteiger partial charge in [0.1, 0.15) is 11.9 Å². The molecular weight excluding hydrogens is 491 g/mol. The Labute approximate surface area is 212 Å². The molecule has 37 heavy (non-hydrogen) atoms. The molecule has 0 spiro atoms. The number of rotatable bonds is 5. The van der Waals surface area contributed by atoms with Gasteiger partial charge < -0.3 is 25.3 Å². The van der Waals surface area contributed by atoms with Gasteiger partial charge in [0, 0.05) is 50.8 Å². The van der Waals surface area contributed by atoms with Crippen LogP contribution in [-0.4, -0.2) is 82.6 Å². The number of carbonyl (C=O) groups is 3. The third kappa shape index (κ3) is 4.82. The van der Waals surface area contributed by atoms with Gasteiger partial charge in [-0.2, -0.15) is 13.2 Å². The van der Waals surface area contributed by atoms with Gasteiger partial charge in [-0.15, -0.1) is 0 Å². The second-order valence-electron chi connectivity index (χ2n) is 10.5. The van der Waals surface area contributed by atoms with Crippen LogP contribution in [0.4, 0.5) is 29.6 Å². The van der Waals surface area contributed by atoms with E-state index >= 15 is 0 Å². The molecule has 3 fully saturated rings. The van der Waals surface area contributed by atoms with E-state index in [1.54, 1.807) is 19.4 Å². The zero-order valence-corrected chi connectivity index (χ0v) is 20.8. The lowest BCUT2D eigenvalue weighted by Gasteiger charge is -2.39. The Kier molecular flexibility index (Phi) is 6.27. The molecule has 4 aliphatic rings. The normalized spacial score (nSPS) is 29.3. The number of fused-ring (bicyclic) bond motifs is 2. The van der Waals surface area contributed by atoms with Crippen molar-refractivity contribution in [3.8, 4) is 0 Å². The second kappa shape index (κ2) is 9.18. The quantitative estimate of drug-likeness (QED) is 0.616. The van der Waals surface area contributed by atoms with Crippen LogP contribution in [0.1, 0.15) is 32.6 Å². The molecule has 2 aliphatic heterocycles. The molecular formula is C24H30F3N7O3. The topological polar surface area (TPSA) is 111 Å². The molecule has 2 unspecified atom stereocenters. The molecule has 10 nitrogen and oxygen atoms in total. The predicted octanol–water partition coefficient (Wildman–Crippen LogP) is 2.36. The fourth-order valence-corrected chi connectivity index (χ4v) is 5.70. The summed E-state index contributed by atoms with van der Waals surface area (Å²) in [7, 11) is 2.87. The minimum absolute atomic E-state index is 0.0342. The molecule has 13 heteroatoms. The number of urea groups is 1. The maximum absolute atomic E-state index is 13.4. The van der Waals surface area contributed by atoms with Gasteiger partial charge in [-0.05, 0) is 31.6 Å². The smallest absolute Gasteiger partial charge is 0.352 e. The first-order valence-electron chi connectivity index (χ1n) is 12.4. The highest BCUT2D eigenvalue weighted by Crippen LogP contribution is 2.42. The molecule has 1 saturated heterocycles. The van der Waals surface area contributed by atoms with Crippen LogP contribution >= 0.6 is 0 Å². The Morgan fingerprint density at radius 1 is 1.16 bits per heavy atom. The summed E-state index contributed by atoms with van der Waals surface area (Å²) < 4.78 is 40.3. The van der Waals surface area contributed by atoms with Gasteiger partial charge in [-0.1, -0.05) is 6.92 Å². The number of amides is 4. The molecule has 5 rings (SSSR count). The lowest BCUT2D eigenvalue weighted by atomic mass is 9.89. The summed E-state index contributed by atoms with van der Waals surface area (Å²) in [6.07, 6.45) is 2.68. The van der Waals surface area contributed by atoms with Crippen molar-refractivity contribution >= 4 is 29.5 Å².